The third kappa shape index (κ3) is 12.0. The molecule has 6 atom stereocenters. The lowest BCUT2D eigenvalue weighted by molar-refractivity contribution is -0.277. The number of benzene rings is 4. The zero-order valence-corrected chi connectivity index (χ0v) is 40.7. The molecule has 7 rings (SSSR count). The second-order valence-electron chi connectivity index (χ2n) is 17.3. The van der Waals surface area contributed by atoms with Gasteiger partial charge in [0.05, 0.1) is 33.5 Å². The first-order chi connectivity index (χ1) is 34.3. The number of phenolic OH excluding ortho intramolecular Hbond substituents is 3. The Morgan fingerprint density at radius 1 is 0.667 bits per heavy atom. The molecule has 0 spiro atoms. The highest BCUT2D eigenvalue weighted by Gasteiger charge is 2.45. The highest BCUT2D eigenvalue weighted by atomic mass is 16.7. The van der Waals surface area contributed by atoms with E-state index in [-0.39, 0.29) is 82.7 Å². The lowest BCUT2D eigenvalue weighted by Gasteiger charge is -2.39. The Kier molecular flexibility index (Phi) is 18.0. The van der Waals surface area contributed by atoms with Crippen molar-refractivity contribution in [1.29, 1.82) is 0 Å². The Bertz CT molecular complexity index is 3010. The van der Waals surface area contributed by atoms with Gasteiger partial charge in [0.15, 0.2) is 11.5 Å². The van der Waals surface area contributed by atoms with E-state index < -0.39 is 65.8 Å². The summed E-state index contributed by atoms with van der Waals surface area (Å²) >= 11 is 0. The van der Waals surface area contributed by atoms with Gasteiger partial charge < -0.3 is 83.2 Å². The molecule has 0 aliphatic carbocycles. The predicted octanol–water partition coefficient (Wildman–Crippen LogP) is 5.38. The fraction of sp³-hybridized carbons (Fsp3) is 0.358. The number of ether oxygens (including phenoxy) is 6. The molecule has 72 heavy (non-hydrogen) atoms. The Morgan fingerprint density at radius 3 is 1.62 bits per heavy atom. The molecule has 0 bridgehead atoms. The summed E-state index contributed by atoms with van der Waals surface area (Å²) in [5, 5.41) is 91.0. The molecule has 6 aromatic rings. The zero-order chi connectivity index (χ0) is 52.6. The van der Waals surface area contributed by atoms with E-state index in [9.17, 15) is 50.4 Å². The van der Waals surface area contributed by atoms with Gasteiger partial charge in [-0.1, -0.05) is 23.3 Å². The molecule has 1 aliphatic heterocycles. The molecule has 9 N–H and O–H groups in total. The summed E-state index contributed by atoms with van der Waals surface area (Å²) in [4.78, 5) is 27.0. The van der Waals surface area contributed by atoms with Crippen molar-refractivity contribution in [3.05, 3.63) is 116 Å². The topological polar surface area (TPSA) is 298 Å². The number of aliphatic hydroxyl groups excluding tert-OH is 6. The fourth-order valence-electron chi connectivity index (χ4n) is 7.61. The number of rotatable bonds is 17. The maximum atomic E-state index is 13.8. The van der Waals surface area contributed by atoms with Crippen LogP contribution in [0, 0.1) is 0 Å². The number of methoxy groups -OCH3 is 2. The van der Waals surface area contributed by atoms with Gasteiger partial charge in [0.1, 0.15) is 94.1 Å². The first kappa shape index (κ1) is 54.2. The molecule has 4 aromatic carbocycles. The van der Waals surface area contributed by atoms with Gasteiger partial charge in [-0.2, -0.15) is 0 Å². The van der Waals surface area contributed by atoms with Crippen molar-refractivity contribution in [2.45, 2.75) is 84.3 Å². The van der Waals surface area contributed by atoms with E-state index in [1.54, 1.807) is 55.6 Å². The van der Waals surface area contributed by atoms with E-state index in [1.807, 2.05) is 39.8 Å². The number of phenols is 3. The van der Waals surface area contributed by atoms with Gasteiger partial charge in [-0.25, -0.2) is 0 Å². The minimum absolute atomic E-state index is 0.0265. The molecule has 19 nitrogen and oxygen atoms in total. The first-order valence-corrected chi connectivity index (χ1v) is 22.8. The van der Waals surface area contributed by atoms with Crippen LogP contribution in [-0.2, 0) is 17.6 Å². The van der Waals surface area contributed by atoms with Crippen LogP contribution >= 0.6 is 0 Å². The van der Waals surface area contributed by atoms with Crippen molar-refractivity contribution < 1.29 is 83.2 Å². The van der Waals surface area contributed by atoms with Crippen LogP contribution in [0.2, 0.25) is 0 Å². The van der Waals surface area contributed by atoms with E-state index in [0.717, 1.165) is 23.3 Å². The third-order valence-electron chi connectivity index (χ3n) is 11.4. The minimum atomic E-state index is -1.71. The van der Waals surface area contributed by atoms with Crippen LogP contribution in [0.25, 0.3) is 44.6 Å². The SMILES string of the molecule is COc1ccc(-c2oc3c(CC=C(C)C)c(O)cc(O)c3c(=O)c2OCCO)cc1.COc1ccc(-c2oc3c(CC=C(C)C)c(O[C@@H]4O[C@H](CO)[C@@H](O)[C@H](O)[C@H]4O)cc(O)c3c(=O)c2OC[C@H](C)O)cc1. The molecule has 0 unspecified atom stereocenters. The first-order valence-electron chi connectivity index (χ1n) is 22.8. The van der Waals surface area contributed by atoms with E-state index in [4.69, 9.17) is 42.4 Å². The summed E-state index contributed by atoms with van der Waals surface area (Å²) in [6.45, 7) is 7.75. The zero-order valence-electron chi connectivity index (χ0n) is 40.7. The smallest absolute Gasteiger partial charge is 0.239 e. The van der Waals surface area contributed by atoms with Gasteiger partial charge in [-0.05, 0) is 96.0 Å². The molecular formula is C53H60O19. The van der Waals surface area contributed by atoms with Crippen LogP contribution in [0.3, 0.4) is 0 Å². The van der Waals surface area contributed by atoms with Crippen molar-refractivity contribution in [3.63, 3.8) is 0 Å². The second-order valence-corrected chi connectivity index (χ2v) is 17.3. The molecule has 0 radical (unpaired) electrons. The highest BCUT2D eigenvalue weighted by Crippen LogP contribution is 2.42. The maximum absolute atomic E-state index is 13.8. The summed E-state index contributed by atoms with van der Waals surface area (Å²) in [5.41, 5.74) is 2.37. The second kappa shape index (κ2) is 23.9. The molecule has 1 saturated heterocycles. The molecular weight excluding hydrogens is 941 g/mol. The summed E-state index contributed by atoms with van der Waals surface area (Å²) in [6.07, 6.45) is -4.49. The van der Waals surface area contributed by atoms with E-state index in [0.29, 0.717) is 40.2 Å². The standard InChI is InChI=1S/C30H36O12.C23H24O7/c1-14(2)5-10-18-20(40-30-26(37)25(36)23(34)21(12-31)41-30)11-19(33)22-24(35)29(39-13-15(3)32)27(42-28(18)22)16-6-8-17(38-4)9-7-16;1-13(2)4-9-16-17(25)12-18(26)19-20(27)23(29-11-10-24)21(30-22(16)19)14-5-7-15(28-3)8-6-14/h5-9,11,15,21,23,25-26,30-34,36-37H,10,12-13H2,1-4H3;4-8,12,24-26H,9-11H2,1-3H3/t15-,21+,23+,25-,26+,30+;/m0./s1. The van der Waals surface area contributed by atoms with Crippen molar-refractivity contribution in [3.8, 4) is 68.6 Å². The maximum Gasteiger partial charge on any atom is 0.239 e. The number of hydrogen-bond acceptors (Lipinski definition) is 19. The molecule has 2 aromatic heterocycles. The summed E-state index contributed by atoms with van der Waals surface area (Å²) < 4.78 is 45.3. The summed E-state index contributed by atoms with van der Waals surface area (Å²) in [6, 6.07) is 15.7. The van der Waals surface area contributed by atoms with Crippen molar-refractivity contribution in [1.82, 2.24) is 0 Å². The van der Waals surface area contributed by atoms with Gasteiger partial charge in [-0.15, -0.1) is 0 Å². The van der Waals surface area contributed by atoms with Crippen LogP contribution in [-0.4, -0.2) is 123 Å². The Hall–Kier alpha value is -7.10. The monoisotopic (exact) mass is 1000 g/mol. The molecule has 0 saturated carbocycles. The van der Waals surface area contributed by atoms with E-state index >= 15 is 0 Å². The van der Waals surface area contributed by atoms with Gasteiger partial charge >= 0.3 is 0 Å². The molecule has 0 amide bonds. The van der Waals surface area contributed by atoms with Crippen LogP contribution in [0.15, 0.2) is 102 Å². The van der Waals surface area contributed by atoms with Gasteiger partial charge in [0, 0.05) is 34.4 Å². The van der Waals surface area contributed by atoms with Gasteiger partial charge in [0.25, 0.3) is 0 Å². The third-order valence-corrected chi connectivity index (χ3v) is 11.4. The minimum Gasteiger partial charge on any atom is -0.507 e. The van der Waals surface area contributed by atoms with Crippen LogP contribution < -0.4 is 34.5 Å². The molecule has 386 valence electrons. The molecule has 1 aliphatic rings. The number of hydrogen-bond donors (Lipinski definition) is 9. The van der Waals surface area contributed by atoms with Crippen molar-refractivity contribution in [2.24, 2.45) is 0 Å². The summed E-state index contributed by atoms with van der Waals surface area (Å²) in [5.74, 6) is -0.158. The van der Waals surface area contributed by atoms with Crippen molar-refractivity contribution >= 4 is 21.9 Å². The van der Waals surface area contributed by atoms with Crippen LogP contribution in [0.1, 0.15) is 45.7 Å². The summed E-state index contributed by atoms with van der Waals surface area (Å²) in [7, 11) is 3.06. The fourth-order valence-corrected chi connectivity index (χ4v) is 7.61. The Labute approximate surface area is 413 Å². The number of fused-ring (bicyclic) bond motifs is 2. The van der Waals surface area contributed by atoms with Crippen LogP contribution in [0.5, 0.6) is 46.0 Å². The molecule has 3 heterocycles. The van der Waals surface area contributed by atoms with Crippen molar-refractivity contribution in [2.75, 3.05) is 40.6 Å². The average molecular weight is 1000 g/mol. The number of allylic oxidation sites excluding steroid dienone is 4. The normalized spacial score (nSPS) is 17.9. The van der Waals surface area contributed by atoms with E-state index in [2.05, 4.69) is 0 Å². The number of aliphatic hydroxyl groups is 6. The van der Waals surface area contributed by atoms with Gasteiger partial charge in [0.2, 0.25) is 28.6 Å². The van der Waals surface area contributed by atoms with Crippen LogP contribution in [0.4, 0.5) is 0 Å². The predicted molar refractivity (Wildman–Crippen MR) is 264 cm³/mol. The Balaban J connectivity index is 0.000000249. The lowest BCUT2D eigenvalue weighted by atomic mass is 9.99. The lowest BCUT2D eigenvalue weighted by Crippen LogP contribution is -2.60. The molecule has 1 fully saturated rings. The van der Waals surface area contributed by atoms with E-state index in [1.165, 1.54) is 14.0 Å². The Morgan fingerprint density at radius 2 is 1.15 bits per heavy atom. The largest absolute Gasteiger partial charge is 0.507 e. The highest BCUT2D eigenvalue weighted by molar-refractivity contribution is 5.92. The number of aromatic hydroxyl groups is 3. The average Bonchev–Trinajstić information content (AvgIpc) is 3.35. The van der Waals surface area contributed by atoms with Gasteiger partial charge in [-0.3, -0.25) is 9.59 Å². The molecule has 19 heteroatoms. The quantitative estimate of drug-likeness (QED) is 0.0518.